The summed E-state index contributed by atoms with van der Waals surface area (Å²) in [6, 6.07) is 1.28. The van der Waals surface area contributed by atoms with Crippen LogP contribution in [0.2, 0.25) is 0 Å². The van der Waals surface area contributed by atoms with Crippen molar-refractivity contribution in [1.29, 1.82) is 0 Å². The van der Waals surface area contributed by atoms with Crippen LogP contribution < -0.4 is 11.1 Å². The van der Waals surface area contributed by atoms with Crippen molar-refractivity contribution in [1.82, 2.24) is 14.9 Å². The van der Waals surface area contributed by atoms with E-state index in [0.29, 0.717) is 17.1 Å². The molecule has 24 heavy (non-hydrogen) atoms. The van der Waals surface area contributed by atoms with E-state index in [-0.39, 0.29) is 11.9 Å². The van der Waals surface area contributed by atoms with Gasteiger partial charge >= 0.3 is 0 Å². The van der Waals surface area contributed by atoms with E-state index in [1.807, 2.05) is 20.0 Å². The van der Waals surface area contributed by atoms with Crippen molar-refractivity contribution in [2.45, 2.75) is 32.9 Å². The summed E-state index contributed by atoms with van der Waals surface area (Å²) in [5, 5.41) is 5.04. The Morgan fingerprint density at radius 2 is 2.25 bits per heavy atom. The molecule has 7 nitrogen and oxygen atoms in total. The molecule has 0 fully saturated rings. The summed E-state index contributed by atoms with van der Waals surface area (Å²) < 4.78 is 0. The van der Waals surface area contributed by atoms with Gasteiger partial charge in [0.1, 0.15) is 10.8 Å². The fourth-order valence-electron chi connectivity index (χ4n) is 2.74. The van der Waals surface area contributed by atoms with Crippen LogP contribution in [-0.4, -0.2) is 39.3 Å². The molecule has 3 N–H and O–H groups in total. The molecule has 0 aromatic carbocycles. The number of primary amides is 1. The summed E-state index contributed by atoms with van der Waals surface area (Å²) in [5.41, 5.74) is 7.77. The second-order valence-corrected chi connectivity index (χ2v) is 6.72. The van der Waals surface area contributed by atoms with E-state index in [9.17, 15) is 9.59 Å². The summed E-state index contributed by atoms with van der Waals surface area (Å²) in [4.78, 5) is 34.7. The number of carbonyl (C=O) groups excluding carboxylic acids is 2. The monoisotopic (exact) mass is 345 g/mol. The van der Waals surface area contributed by atoms with Crippen molar-refractivity contribution in [2.24, 2.45) is 5.73 Å². The Hall–Kier alpha value is -2.32. The fraction of sp³-hybridized carbons (Fsp3) is 0.375. The molecule has 1 atom stereocenters. The minimum absolute atomic E-state index is 0.158. The van der Waals surface area contributed by atoms with Gasteiger partial charge in [-0.2, -0.15) is 0 Å². The van der Waals surface area contributed by atoms with Gasteiger partial charge in [-0.05, 0) is 37.3 Å². The Bertz CT molecular complexity index is 789. The average molecular weight is 345 g/mol. The van der Waals surface area contributed by atoms with Crippen LogP contribution >= 0.6 is 11.3 Å². The summed E-state index contributed by atoms with van der Waals surface area (Å²) in [5.74, 6) is 0.0323. The highest BCUT2D eigenvalue weighted by Gasteiger charge is 2.27. The predicted octanol–water partition coefficient (Wildman–Crippen LogP) is 1.33. The van der Waals surface area contributed by atoms with E-state index in [1.165, 1.54) is 11.3 Å². The molecule has 0 spiro atoms. The number of nitrogens with one attached hydrogen (secondary N) is 1. The van der Waals surface area contributed by atoms with Crippen LogP contribution in [0.5, 0.6) is 0 Å². The Labute approximate surface area is 143 Å². The van der Waals surface area contributed by atoms with Gasteiger partial charge in [0.15, 0.2) is 0 Å². The largest absolute Gasteiger partial charge is 0.366 e. The topological polar surface area (TPSA) is 101 Å². The van der Waals surface area contributed by atoms with E-state index in [1.54, 1.807) is 11.4 Å². The van der Waals surface area contributed by atoms with E-state index < -0.39 is 5.91 Å². The first-order chi connectivity index (χ1) is 11.5. The minimum atomic E-state index is -0.543. The molecule has 3 heterocycles. The third-order valence-electron chi connectivity index (χ3n) is 4.19. The standard InChI is InChI=1S/C16H19N5O2S/c1-9(15(23)20-16-12(14(17)22)4-6-24-16)21-5-3-11-7-18-10(2)19-13(11)8-21/h4,6-7,9H,3,5,8H2,1-2H3,(H2,17,22)(H,20,23)/t9-/m0/s1. The van der Waals surface area contributed by atoms with Crippen LogP contribution in [0.25, 0.3) is 0 Å². The van der Waals surface area contributed by atoms with Crippen molar-refractivity contribution in [2.75, 3.05) is 11.9 Å². The maximum Gasteiger partial charge on any atom is 0.251 e. The molecule has 0 unspecified atom stereocenters. The molecule has 8 heteroatoms. The van der Waals surface area contributed by atoms with Crippen molar-refractivity contribution >= 4 is 28.2 Å². The number of hydrogen-bond acceptors (Lipinski definition) is 6. The Balaban J connectivity index is 1.70. The van der Waals surface area contributed by atoms with Crippen molar-refractivity contribution in [3.63, 3.8) is 0 Å². The van der Waals surface area contributed by atoms with Gasteiger partial charge in [-0.25, -0.2) is 9.97 Å². The first kappa shape index (κ1) is 16.5. The molecule has 2 aromatic heterocycles. The lowest BCUT2D eigenvalue weighted by atomic mass is 10.0. The first-order valence-corrected chi connectivity index (χ1v) is 8.57. The highest BCUT2D eigenvalue weighted by Crippen LogP contribution is 2.24. The summed E-state index contributed by atoms with van der Waals surface area (Å²) in [7, 11) is 0. The molecule has 2 aromatic rings. The van der Waals surface area contributed by atoms with Gasteiger partial charge in [0.25, 0.3) is 5.91 Å². The predicted molar refractivity (Wildman–Crippen MR) is 91.8 cm³/mol. The zero-order valence-electron chi connectivity index (χ0n) is 13.6. The van der Waals surface area contributed by atoms with Gasteiger partial charge in [0, 0.05) is 19.3 Å². The third kappa shape index (κ3) is 3.29. The van der Waals surface area contributed by atoms with Crippen LogP contribution in [0.3, 0.4) is 0 Å². The van der Waals surface area contributed by atoms with Gasteiger partial charge < -0.3 is 11.1 Å². The normalized spacial score (nSPS) is 15.6. The number of nitrogens with zero attached hydrogens (tertiary/aromatic N) is 3. The van der Waals surface area contributed by atoms with Crippen molar-refractivity contribution in [3.8, 4) is 0 Å². The van der Waals surface area contributed by atoms with Crippen molar-refractivity contribution in [3.05, 3.63) is 40.3 Å². The zero-order valence-corrected chi connectivity index (χ0v) is 14.4. The molecule has 0 radical (unpaired) electrons. The lowest BCUT2D eigenvalue weighted by Crippen LogP contribution is -2.45. The van der Waals surface area contributed by atoms with E-state index in [4.69, 9.17) is 5.73 Å². The third-order valence-corrected chi connectivity index (χ3v) is 5.02. The molecule has 3 rings (SSSR count). The summed E-state index contributed by atoms with van der Waals surface area (Å²) >= 11 is 1.29. The number of rotatable bonds is 4. The van der Waals surface area contributed by atoms with Crippen LogP contribution in [0, 0.1) is 6.92 Å². The van der Waals surface area contributed by atoms with Crippen LogP contribution in [0.4, 0.5) is 5.00 Å². The molecule has 1 aliphatic rings. The number of anilines is 1. The Morgan fingerprint density at radius 1 is 1.46 bits per heavy atom. The summed E-state index contributed by atoms with van der Waals surface area (Å²) in [6.45, 7) is 5.09. The van der Waals surface area contributed by atoms with E-state index in [0.717, 1.165) is 30.0 Å². The van der Waals surface area contributed by atoms with Gasteiger partial charge in [0.2, 0.25) is 5.91 Å². The molecule has 0 saturated carbocycles. The highest BCUT2D eigenvalue weighted by molar-refractivity contribution is 7.14. The second kappa shape index (κ2) is 6.66. The average Bonchev–Trinajstić information content (AvgIpc) is 3.01. The van der Waals surface area contributed by atoms with Crippen LogP contribution in [0.1, 0.15) is 34.4 Å². The molecule has 0 bridgehead atoms. The molecule has 0 aliphatic carbocycles. The quantitative estimate of drug-likeness (QED) is 0.870. The number of hydrogen-bond donors (Lipinski definition) is 2. The van der Waals surface area contributed by atoms with E-state index >= 15 is 0 Å². The Kier molecular flexibility index (Phi) is 4.59. The number of aromatic nitrogens is 2. The molecular formula is C16H19N5O2S. The van der Waals surface area contributed by atoms with Gasteiger partial charge in [-0.3, -0.25) is 14.5 Å². The van der Waals surface area contributed by atoms with Gasteiger partial charge in [0.05, 0.1) is 17.3 Å². The maximum absolute atomic E-state index is 12.5. The highest BCUT2D eigenvalue weighted by atomic mass is 32.1. The lowest BCUT2D eigenvalue weighted by molar-refractivity contribution is -0.121. The molecule has 1 aliphatic heterocycles. The summed E-state index contributed by atoms with van der Waals surface area (Å²) in [6.07, 6.45) is 2.68. The zero-order chi connectivity index (χ0) is 17.3. The number of aryl methyl sites for hydroxylation is 1. The van der Waals surface area contributed by atoms with Crippen LogP contribution in [0.15, 0.2) is 17.6 Å². The fourth-order valence-corrected chi connectivity index (χ4v) is 3.53. The molecule has 0 saturated heterocycles. The first-order valence-electron chi connectivity index (χ1n) is 7.69. The maximum atomic E-state index is 12.5. The molecular weight excluding hydrogens is 326 g/mol. The number of thiophene rings is 1. The number of nitrogens with two attached hydrogens (primary N) is 1. The molecule has 126 valence electrons. The number of fused-ring (bicyclic) bond motifs is 1. The molecule has 2 amide bonds. The Morgan fingerprint density at radius 3 is 3.00 bits per heavy atom. The van der Waals surface area contributed by atoms with E-state index in [2.05, 4.69) is 20.2 Å². The smallest absolute Gasteiger partial charge is 0.251 e. The minimum Gasteiger partial charge on any atom is -0.366 e. The van der Waals surface area contributed by atoms with Crippen molar-refractivity contribution < 1.29 is 9.59 Å². The second-order valence-electron chi connectivity index (χ2n) is 5.80. The van der Waals surface area contributed by atoms with Gasteiger partial charge in [-0.1, -0.05) is 0 Å². The lowest BCUT2D eigenvalue weighted by Gasteiger charge is -2.32. The van der Waals surface area contributed by atoms with Crippen LogP contribution in [-0.2, 0) is 17.8 Å². The number of amides is 2. The SMILES string of the molecule is Cc1ncc2c(n1)CN([C@@H](C)C(=O)Nc1sccc1C(N)=O)CC2. The van der Waals surface area contributed by atoms with Gasteiger partial charge in [-0.15, -0.1) is 11.3 Å². The number of carbonyl (C=O) groups is 2.